The van der Waals surface area contributed by atoms with Gasteiger partial charge in [-0.3, -0.25) is 4.90 Å². The predicted octanol–water partition coefficient (Wildman–Crippen LogP) is 4.73. The second kappa shape index (κ2) is 9.62. The van der Waals surface area contributed by atoms with Crippen LogP contribution >= 0.6 is 0 Å². The van der Waals surface area contributed by atoms with Crippen molar-refractivity contribution in [2.45, 2.75) is 141 Å². The quantitative estimate of drug-likeness (QED) is 0.482. The predicted molar refractivity (Wildman–Crippen MR) is 161 cm³/mol. The summed E-state index contributed by atoms with van der Waals surface area (Å²) in [5.74, 6) is 3.02. The van der Waals surface area contributed by atoms with E-state index in [1.165, 1.54) is 57.8 Å². The van der Waals surface area contributed by atoms with Crippen LogP contribution in [0.1, 0.15) is 98.8 Å². The summed E-state index contributed by atoms with van der Waals surface area (Å²) in [5.41, 5.74) is 7.24. The number of morpholine rings is 1. The van der Waals surface area contributed by atoms with Gasteiger partial charge in [-0.2, -0.15) is 0 Å². The van der Waals surface area contributed by atoms with E-state index in [-0.39, 0.29) is 30.0 Å². The van der Waals surface area contributed by atoms with E-state index in [0.717, 1.165) is 57.1 Å². The van der Waals surface area contributed by atoms with Crippen LogP contribution in [-0.4, -0.2) is 85.2 Å². The minimum absolute atomic E-state index is 0.0229. The average molecular weight is 587 g/mol. The highest BCUT2D eigenvalue weighted by Crippen LogP contribution is 2.87. The van der Waals surface area contributed by atoms with Crippen molar-refractivity contribution in [2.75, 3.05) is 32.9 Å². The van der Waals surface area contributed by atoms with Gasteiger partial charge in [0.25, 0.3) is 0 Å². The lowest BCUT2D eigenvalue weighted by Crippen LogP contribution is -2.58. The van der Waals surface area contributed by atoms with Crippen LogP contribution < -0.4 is 5.73 Å². The van der Waals surface area contributed by atoms with Gasteiger partial charge in [0.15, 0.2) is 6.29 Å². The molecule has 3 aliphatic heterocycles. The Kier molecular flexibility index (Phi) is 6.68. The Morgan fingerprint density at radius 3 is 2.48 bits per heavy atom. The number of nitrogens with zero attached hydrogens (tertiary/aromatic N) is 1. The number of rotatable bonds is 5. The van der Waals surface area contributed by atoms with Crippen molar-refractivity contribution in [1.29, 1.82) is 0 Å². The van der Waals surface area contributed by atoms with Crippen LogP contribution in [0, 0.1) is 45.3 Å². The van der Waals surface area contributed by atoms with E-state index in [0.29, 0.717) is 34.3 Å². The molecule has 7 nitrogen and oxygen atoms in total. The molecule has 3 N–H and O–H groups in total. The van der Waals surface area contributed by atoms with E-state index in [1.54, 1.807) is 0 Å². The Labute approximate surface area is 253 Å². The van der Waals surface area contributed by atoms with Crippen LogP contribution in [0.2, 0.25) is 0 Å². The molecule has 238 valence electrons. The second-order valence-electron chi connectivity index (χ2n) is 17.6. The molecule has 8 rings (SSSR count). The standard InChI is InChI=1S/C35H58N2O5/c1-31(2)27-9-7-22-24-16-26-23(6-8-25(41-26)30(36)32(3,4)38)33(24,5)12-13-34(22)20-35(27,34)11-10-28(31)42-29-17-37(14-15-40-29)21-18-39-19-21/h21-30,38H,6-20,36H2,1-5H3/t22?,23?,24?,25?,26?,27-,28-,29?,30-,33?,34-,35?/m0/s1. The van der Waals surface area contributed by atoms with Crippen LogP contribution in [-0.2, 0) is 18.9 Å². The van der Waals surface area contributed by atoms with Gasteiger partial charge >= 0.3 is 0 Å². The summed E-state index contributed by atoms with van der Waals surface area (Å²) in [7, 11) is 0. The first-order valence-electron chi connectivity index (χ1n) is 17.6. The SMILES string of the molecule is CC12CC[C@@]34CC35CC[C@H](OC3CN(C6COC6)CCO3)C(C)(C)[C@@H]5CCC4C1CC1OC([C@H](N)C(C)(C)O)CCC12. The van der Waals surface area contributed by atoms with Gasteiger partial charge < -0.3 is 29.8 Å². The third-order valence-corrected chi connectivity index (χ3v) is 15.3. The molecule has 7 heteroatoms. The summed E-state index contributed by atoms with van der Waals surface area (Å²) in [6.07, 6.45) is 13.4. The molecule has 8 fully saturated rings. The maximum atomic E-state index is 10.6. The van der Waals surface area contributed by atoms with E-state index in [4.69, 9.17) is 24.7 Å². The van der Waals surface area contributed by atoms with Gasteiger partial charge in [0.1, 0.15) is 0 Å². The molecule has 42 heavy (non-hydrogen) atoms. The molecule has 0 aromatic heterocycles. The molecule has 0 radical (unpaired) electrons. The minimum Gasteiger partial charge on any atom is -0.389 e. The Morgan fingerprint density at radius 2 is 1.74 bits per heavy atom. The van der Waals surface area contributed by atoms with E-state index in [9.17, 15) is 5.11 Å². The largest absolute Gasteiger partial charge is 0.389 e. The van der Waals surface area contributed by atoms with Gasteiger partial charge in [0.05, 0.1) is 62.4 Å². The molecule has 0 aromatic rings. The molecular formula is C35H58N2O5. The van der Waals surface area contributed by atoms with Gasteiger partial charge in [-0.25, -0.2) is 0 Å². The molecule has 0 aromatic carbocycles. The molecular weight excluding hydrogens is 528 g/mol. The van der Waals surface area contributed by atoms with Gasteiger partial charge in [0.2, 0.25) is 0 Å². The molecule has 2 spiro atoms. The molecule has 3 saturated heterocycles. The Bertz CT molecular complexity index is 1060. The summed E-state index contributed by atoms with van der Waals surface area (Å²) >= 11 is 0. The second-order valence-corrected chi connectivity index (χ2v) is 17.6. The summed E-state index contributed by atoms with van der Waals surface area (Å²) < 4.78 is 25.4. The maximum absolute atomic E-state index is 10.6. The average Bonchev–Trinajstić information content (AvgIpc) is 3.48. The molecule has 0 bridgehead atoms. The van der Waals surface area contributed by atoms with E-state index < -0.39 is 5.60 Å². The van der Waals surface area contributed by atoms with Crippen molar-refractivity contribution in [2.24, 2.45) is 51.1 Å². The summed E-state index contributed by atoms with van der Waals surface area (Å²) in [4.78, 5) is 2.53. The van der Waals surface area contributed by atoms with Gasteiger partial charge in [0, 0.05) is 6.54 Å². The Balaban J connectivity index is 0.971. The Morgan fingerprint density at radius 1 is 0.952 bits per heavy atom. The highest BCUT2D eigenvalue weighted by molar-refractivity contribution is 5.29. The molecule has 0 amide bonds. The lowest BCUT2D eigenvalue weighted by atomic mass is 9.46. The number of nitrogens with two attached hydrogens (primary N) is 1. The summed E-state index contributed by atoms with van der Waals surface area (Å²) in [6, 6.07) is 0.228. The number of fused-ring (bicyclic) bond motifs is 4. The topological polar surface area (TPSA) is 86.4 Å². The first-order valence-corrected chi connectivity index (χ1v) is 17.6. The molecule has 3 heterocycles. The van der Waals surface area contributed by atoms with E-state index in [2.05, 4.69) is 25.7 Å². The normalized spacial score (nSPS) is 52.6. The lowest BCUT2D eigenvalue weighted by Gasteiger charge is -2.60. The van der Waals surface area contributed by atoms with Crippen molar-refractivity contribution in [3.63, 3.8) is 0 Å². The third-order valence-electron chi connectivity index (χ3n) is 15.3. The van der Waals surface area contributed by atoms with Crippen molar-refractivity contribution >= 4 is 0 Å². The minimum atomic E-state index is -0.904. The van der Waals surface area contributed by atoms with Crippen molar-refractivity contribution in [1.82, 2.24) is 4.90 Å². The zero-order valence-corrected chi connectivity index (χ0v) is 27.0. The van der Waals surface area contributed by atoms with E-state index in [1.807, 2.05) is 13.8 Å². The monoisotopic (exact) mass is 586 g/mol. The van der Waals surface area contributed by atoms with Crippen LogP contribution in [0.3, 0.4) is 0 Å². The van der Waals surface area contributed by atoms with Crippen LogP contribution in [0.15, 0.2) is 0 Å². The van der Waals surface area contributed by atoms with Gasteiger partial charge in [-0.15, -0.1) is 0 Å². The van der Waals surface area contributed by atoms with Crippen molar-refractivity contribution in [3.05, 3.63) is 0 Å². The lowest BCUT2D eigenvalue weighted by molar-refractivity contribution is -0.253. The molecule has 8 unspecified atom stereocenters. The van der Waals surface area contributed by atoms with E-state index >= 15 is 0 Å². The van der Waals surface area contributed by atoms with Crippen molar-refractivity contribution in [3.8, 4) is 0 Å². The first kappa shape index (κ1) is 29.1. The van der Waals surface area contributed by atoms with Crippen molar-refractivity contribution < 1.29 is 24.1 Å². The smallest absolute Gasteiger partial charge is 0.170 e. The fraction of sp³-hybridized carbons (Fsp3) is 1.00. The first-order chi connectivity index (χ1) is 19.9. The zero-order chi connectivity index (χ0) is 29.3. The van der Waals surface area contributed by atoms with Crippen LogP contribution in [0.4, 0.5) is 0 Å². The van der Waals surface area contributed by atoms with Crippen LogP contribution in [0.5, 0.6) is 0 Å². The number of hydrogen-bond donors (Lipinski definition) is 2. The molecule has 5 saturated carbocycles. The third kappa shape index (κ3) is 4.02. The molecule has 5 aliphatic carbocycles. The number of ether oxygens (including phenoxy) is 4. The highest BCUT2D eigenvalue weighted by Gasteiger charge is 2.80. The molecule has 12 atom stereocenters. The maximum Gasteiger partial charge on any atom is 0.170 e. The Hall–Kier alpha value is -0.280. The van der Waals surface area contributed by atoms with Crippen LogP contribution in [0.25, 0.3) is 0 Å². The zero-order valence-electron chi connectivity index (χ0n) is 27.0. The van der Waals surface area contributed by atoms with Gasteiger partial charge in [-0.1, -0.05) is 20.8 Å². The van der Waals surface area contributed by atoms with Gasteiger partial charge in [-0.05, 0) is 123 Å². The fourth-order valence-electron chi connectivity index (χ4n) is 12.9. The molecule has 8 aliphatic rings. The highest BCUT2D eigenvalue weighted by atomic mass is 16.7. The number of aliphatic hydroxyl groups is 1. The summed E-state index contributed by atoms with van der Waals surface area (Å²) in [6.45, 7) is 15.7. The number of hydrogen-bond acceptors (Lipinski definition) is 7. The summed E-state index contributed by atoms with van der Waals surface area (Å²) in [5, 5.41) is 10.6. The fourth-order valence-corrected chi connectivity index (χ4v) is 12.9.